The van der Waals surface area contributed by atoms with Gasteiger partial charge < -0.3 is 29.5 Å². The topological polar surface area (TPSA) is 88.4 Å². The van der Waals surface area contributed by atoms with Gasteiger partial charge in [0.2, 0.25) is 0 Å². The van der Waals surface area contributed by atoms with Gasteiger partial charge in [0, 0.05) is 0 Å². The third kappa shape index (κ3) is 5.22. The lowest BCUT2D eigenvalue weighted by Crippen LogP contribution is -2.48. The van der Waals surface area contributed by atoms with Crippen molar-refractivity contribution in [2.45, 2.75) is 24.4 Å². The van der Waals surface area contributed by atoms with E-state index in [1.165, 1.54) is 6.26 Å². The highest BCUT2D eigenvalue weighted by atomic mass is 16.6. The molecule has 18 heavy (non-hydrogen) atoms. The predicted molar refractivity (Wildman–Crippen MR) is 65.4 cm³/mol. The third-order valence-corrected chi connectivity index (χ3v) is 2.19. The molecule has 6 heteroatoms. The molecule has 0 aliphatic carbocycles. The average molecular weight is 260 g/mol. The van der Waals surface area contributed by atoms with E-state index < -0.39 is 31.0 Å². The molecular weight excluding hydrogens is 240 g/mol. The Balaban J connectivity index is 4.80. The first-order chi connectivity index (χ1) is 8.62. The summed E-state index contributed by atoms with van der Waals surface area (Å²) in [4.78, 5) is 0. The second kappa shape index (κ2) is 9.52. The molecule has 4 atom stereocenters. The minimum atomic E-state index is -1.37. The van der Waals surface area contributed by atoms with Crippen LogP contribution in [-0.4, -0.2) is 52.9 Å². The molecular formula is C12H20O6. The van der Waals surface area contributed by atoms with Crippen LogP contribution in [0.4, 0.5) is 0 Å². The van der Waals surface area contributed by atoms with Crippen LogP contribution in [0.5, 0.6) is 0 Å². The van der Waals surface area contributed by atoms with Crippen molar-refractivity contribution in [3.05, 3.63) is 38.5 Å². The molecule has 0 rings (SSSR count). The molecule has 0 saturated carbocycles. The van der Waals surface area contributed by atoms with Gasteiger partial charge in [-0.3, -0.25) is 0 Å². The normalized spacial score (nSPS) is 16.8. The number of rotatable bonds is 11. The van der Waals surface area contributed by atoms with E-state index >= 15 is 0 Å². The molecule has 0 aliphatic rings. The highest BCUT2D eigenvalue weighted by molar-refractivity contribution is 4.86. The first-order valence-corrected chi connectivity index (χ1v) is 5.34. The summed E-state index contributed by atoms with van der Waals surface area (Å²) in [6.07, 6.45) is -0.975. The van der Waals surface area contributed by atoms with E-state index in [0.29, 0.717) is 0 Å². The lowest BCUT2D eigenvalue weighted by Gasteiger charge is -2.30. The fourth-order valence-electron chi connectivity index (χ4n) is 1.32. The lowest BCUT2D eigenvalue weighted by molar-refractivity contribution is -0.129. The van der Waals surface area contributed by atoms with Crippen LogP contribution in [0.1, 0.15) is 0 Å². The number of ether oxygens (including phenoxy) is 3. The molecule has 0 radical (unpaired) electrons. The van der Waals surface area contributed by atoms with Gasteiger partial charge in [-0.2, -0.15) is 0 Å². The van der Waals surface area contributed by atoms with Gasteiger partial charge in [0.25, 0.3) is 0 Å². The van der Waals surface area contributed by atoms with Crippen LogP contribution in [-0.2, 0) is 14.2 Å². The Labute approximate surface area is 106 Å². The van der Waals surface area contributed by atoms with Gasteiger partial charge in [0.1, 0.15) is 18.8 Å². The smallest absolute Gasteiger partial charge is 0.171 e. The summed E-state index contributed by atoms with van der Waals surface area (Å²) in [6.45, 7) is 9.57. The molecule has 104 valence electrons. The second-order valence-corrected chi connectivity index (χ2v) is 3.35. The molecule has 6 nitrogen and oxygen atoms in total. The van der Waals surface area contributed by atoms with Gasteiger partial charge in [0.05, 0.1) is 25.4 Å². The van der Waals surface area contributed by atoms with Crippen LogP contribution < -0.4 is 0 Å². The first-order valence-electron chi connectivity index (χ1n) is 5.34. The number of aliphatic hydroxyl groups is 3. The van der Waals surface area contributed by atoms with Gasteiger partial charge in [-0.05, 0) is 0 Å². The largest absolute Gasteiger partial charge is 0.498 e. The predicted octanol–water partition coefficient (Wildman–Crippen LogP) is -0.0820. The first kappa shape index (κ1) is 16.5. The standard InChI is InChI=1S/C12H20O6/c1-4-16-8-10(17-5-2)12(18-6-3)11(15)9(14)7-13/h4-6,9-15H,1-3,7-8H2/t9-,10+,11-,12-/m1/s1. The van der Waals surface area contributed by atoms with E-state index in [1.807, 2.05) is 0 Å². The van der Waals surface area contributed by atoms with Gasteiger partial charge >= 0.3 is 0 Å². The number of aliphatic hydroxyl groups excluding tert-OH is 3. The zero-order chi connectivity index (χ0) is 14.0. The Morgan fingerprint density at radius 2 is 1.61 bits per heavy atom. The van der Waals surface area contributed by atoms with Crippen LogP contribution in [0.2, 0.25) is 0 Å². The van der Waals surface area contributed by atoms with Crippen molar-refractivity contribution in [3.8, 4) is 0 Å². The number of hydrogen-bond donors (Lipinski definition) is 3. The molecule has 0 unspecified atom stereocenters. The molecule has 0 saturated heterocycles. The summed E-state index contributed by atoms with van der Waals surface area (Å²) in [5, 5.41) is 28.0. The Morgan fingerprint density at radius 1 is 1.00 bits per heavy atom. The SMILES string of the molecule is C=COC[C@H](OC=C)[C@@H](OC=C)[C@H](O)[C@H](O)CO. The van der Waals surface area contributed by atoms with E-state index in [0.717, 1.165) is 12.5 Å². The maximum absolute atomic E-state index is 9.83. The van der Waals surface area contributed by atoms with Gasteiger partial charge in [-0.15, -0.1) is 0 Å². The highest BCUT2D eigenvalue weighted by Crippen LogP contribution is 2.14. The van der Waals surface area contributed by atoms with E-state index in [1.54, 1.807) is 0 Å². The highest BCUT2D eigenvalue weighted by Gasteiger charge is 2.35. The van der Waals surface area contributed by atoms with Crippen molar-refractivity contribution >= 4 is 0 Å². The summed E-state index contributed by atoms with van der Waals surface area (Å²) < 4.78 is 15.2. The van der Waals surface area contributed by atoms with E-state index in [4.69, 9.17) is 19.3 Å². The summed E-state index contributed by atoms with van der Waals surface area (Å²) in [5.74, 6) is 0. The van der Waals surface area contributed by atoms with Crippen molar-refractivity contribution in [3.63, 3.8) is 0 Å². The summed E-state index contributed by atoms with van der Waals surface area (Å²) in [5.41, 5.74) is 0. The van der Waals surface area contributed by atoms with Gasteiger partial charge in [-0.25, -0.2) is 0 Å². The second-order valence-electron chi connectivity index (χ2n) is 3.35. The monoisotopic (exact) mass is 260 g/mol. The molecule has 0 heterocycles. The fourth-order valence-corrected chi connectivity index (χ4v) is 1.32. The maximum Gasteiger partial charge on any atom is 0.171 e. The van der Waals surface area contributed by atoms with Crippen LogP contribution in [0, 0.1) is 0 Å². The van der Waals surface area contributed by atoms with Crippen molar-refractivity contribution in [1.82, 2.24) is 0 Å². The Bertz CT molecular complexity index is 255. The summed E-state index contributed by atoms with van der Waals surface area (Å²) >= 11 is 0. The average Bonchev–Trinajstić information content (AvgIpc) is 2.39. The molecule has 0 amide bonds. The Morgan fingerprint density at radius 3 is 2.06 bits per heavy atom. The molecule has 3 N–H and O–H groups in total. The van der Waals surface area contributed by atoms with E-state index in [-0.39, 0.29) is 6.61 Å². The molecule has 0 aromatic rings. The van der Waals surface area contributed by atoms with Gasteiger partial charge in [-0.1, -0.05) is 19.7 Å². The zero-order valence-electron chi connectivity index (χ0n) is 10.1. The molecule has 0 aromatic carbocycles. The van der Waals surface area contributed by atoms with Gasteiger partial charge in [0.15, 0.2) is 12.2 Å². The summed E-state index contributed by atoms with van der Waals surface area (Å²) in [6, 6.07) is 0. The maximum atomic E-state index is 9.83. The van der Waals surface area contributed by atoms with Crippen molar-refractivity contribution in [1.29, 1.82) is 0 Å². The van der Waals surface area contributed by atoms with Crippen LogP contribution in [0.3, 0.4) is 0 Å². The molecule has 0 spiro atoms. The fraction of sp³-hybridized carbons (Fsp3) is 0.500. The van der Waals surface area contributed by atoms with Crippen LogP contribution in [0.15, 0.2) is 38.5 Å². The van der Waals surface area contributed by atoms with E-state index in [2.05, 4.69) is 19.7 Å². The molecule has 0 aliphatic heterocycles. The Kier molecular flexibility index (Phi) is 8.73. The molecule has 0 aromatic heterocycles. The third-order valence-electron chi connectivity index (χ3n) is 2.19. The zero-order valence-corrected chi connectivity index (χ0v) is 10.1. The Hall–Kier alpha value is -1.50. The minimum Gasteiger partial charge on any atom is -0.498 e. The summed E-state index contributed by atoms with van der Waals surface area (Å²) in [7, 11) is 0. The van der Waals surface area contributed by atoms with Crippen LogP contribution in [0.25, 0.3) is 0 Å². The lowest BCUT2D eigenvalue weighted by atomic mass is 10.0. The van der Waals surface area contributed by atoms with Crippen LogP contribution >= 0.6 is 0 Å². The van der Waals surface area contributed by atoms with Crippen molar-refractivity contribution in [2.24, 2.45) is 0 Å². The quantitative estimate of drug-likeness (QED) is 0.450. The molecule has 0 bridgehead atoms. The minimum absolute atomic E-state index is 0.0310. The van der Waals surface area contributed by atoms with Crippen molar-refractivity contribution in [2.75, 3.05) is 13.2 Å². The number of hydrogen-bond acceptors (Lipinski definition) is 6. The van der Waals surface area contributed by atoms with Crippen molar-refractivity contribution < 1.29 is 29.5 Å². The molecule has 0 fully saturated rings. The van der Waals surface area contributed by atoms with E-state index in [9.17, 15) is 10.2 Å².